The zero-order chi connectivity index (χ0) is 11.4. The molecule has 0 aromatic carbocycles. The fraction of sp³-hybridized carbons (Fsp3) is 0.667. The smallest absolute Gasteiger partial charge is 0.184 e. The third-order valence-electron chi connectivity index (χ3n) is 3.77. The van der Waals surface area contributed by atoms with Gasteiger partial charge in [0.1, 0.15) is 0 Å². The van der Waals surface area contributed by atoms with Crippen LogP contribution in [0.2, 0.25) is 0 Å². The molecule has 0 atom stereocenters. The van der Waals surface area contributed by atoms with Crippen molar-refractivity contribution in [3.05, 3.63) is 22.8 Å². The van der Waals surface area contributed by atoms with Crippen molar-refractivity contribution in [2.75, 3.05) is 0 Å². The number of unbranched alkanes of at least 4 members (excludes halogenated alkanes) is 1. The molecular weight excluding hydrogens is 196 g/mol. The molecule has 1 heteroatoms. The second-order valence-electron chi connectivity index (χ2n) is 4.99. The van der Waals surface area contributed by atoms with E-state index in [-0.39, 0.29) is 0 Å². The Labute approximate surface area is 98.6 Å². The van der Waals surface area contributed by atoms with Gasteiger partial charge in [0.05, 0.1) is 0 Å². The van der Waals surface area contributed by atoms with Gasteiger partial charge >= 0.3 is 0 Å². The van der Waals surface area contributed by atoms with E-state index in [1.165, 1.54) is 43.3 Å². The molecule has 2 aliphatic rings. The summed E-state index contributed by atoms with van der Waals surface area (Å²) >= 11 is 0. The molecule has 2 aliphatic carbocycles. The molecule has 88 valence electrons. The lowest BCUT2D eigenvalue weighted by Gasteiger charge is -2.15. The lowest BCUT2D eigenvalue weighted by Crippen LogP contribution is -2.03. The summed E-state index contributed by atoms with van der Waals surface area (Å²) < 4.78 is 0. The average Bonchev–Trinajstić information content (AvgIpc) is 2.69. The fourth-order valence-electron chi connectivity index (χ4n) is 2.81. The van der Waals surface area contributed by atoms with Crippen LogP contribution in [0.3, 0.4) is 0 Å². The van der Waals surface area contributed by atoms with Crippen molar-refractivity contribution >= 4 is 5.78 Å². The number of hydrogen-bond donors (Lipinski definition) is 0. The summed E-state index contributed by atoms with van der Waals surface area (Å²) in [7, 11) is 0. The van der Waals surface area contributed by atoms with Crippen LogP contribution >= 0.6 is 0 Å². The molecule has 0 saturated heterocycles. The molecule has 2 fully saturated rings. The topological polar surface area (TPSA) is 17.1 Å². The Hall–Kier alpha value is -0.850. The van der Waals surface area contributed by atoms with Gasteiger partial charge in [-0.05, 0) is 56.1 Å². The number of rotatable bonds is 2. The van der Waals surface area contributed by atoms with Gasteiger partial charge in [0.2, 0.25) is 0 Å². The van der Waals surface area contributed by atoms with Crippen LogP contribution in [0, 0.1) is 0 Å². The minimum atomic E-state index is 0.380. The lowest BCUT2D eigenvalue weighted by molar-refractivity contribution is -0.111. The highest BCUT2D eigenvalue weighted by Crippen LogP contribution is 2.34. The van der Waals surface area contributed by atoms with Crippen LogP contribution in [0.5, 0.6) is 0 Å². The summed E-state index contributed by atoms with van der Waals surface area (Å²) in [5.74, 6) is 0.380. The molecule has 1 nitrogen and oxygen atoms in total. The van der Waals surface area contributed by atoms with E-state index < -0.39 is 0 Å². The predicted molar refractivity (Wildman–Crippen MR) is 67.3 cm³/mol. The summed E-state index contributed by atoms with van der Waals surface area (Å²) in [5.41, 5.74) is 3.76. The monoisotopic (exact) mass is 218 g/mol. The Morgan fingerprint density at radius 2 is 1.81 bits per heavy atom. The molecule has 0 aromatic rings. The zero-order valence-corrected chi connectivity index (χ0v) is 10.3. The number of allylic oxidation sites excluding steroid dienone is 4. The van der Waals surface area contributed by atoms with Crippen molar-refractivity contribution < 1.29 is 4.79 Å². The molecule has 0 spiro atoms. The minimum absolute atomic E-state index is 0.380. The van der Waals surface area contributed by atoms with Crippen molar-refractivity contribution in [3.63, 3.8) is 0 Å². The molecule has 0 bridgehead atoms. The van der Waals surface area contributed by atoms with Gasteiger partial charge in [-0.3, -0.25) is 4.79 Å². The summed E-state index contributed by atoms with van der Waals surface area (Å²) in [6.07, 6.45) is 12.7. The summed E-state index contributed by atoms with van der Waals surface area (Å²) in [6.45, 7) is 2.16. The summed E-state index contributed by atoms with van der Waals surface area (Å²) in [6, 6.07) is 0. The molecule has 0 heterocycles. The Morgan fingerprint density at radius 3 is 2.50 bits per heavy atom. The molecule has 0 amide bonds. The average molecular weight is 218 g/mol. The molecule has 0 radical (unpaired) electrons. The highest BCUT2D eigenvalue weighted by molar-refractivity contribution is 6.11. The van der Waals surface area contributed by atoms with Gasteiger partial charge in [-0.25, -0.2) is 0 Å². The van der Waals surface area contributed by atoms with E-state index in [0.29, 0.717) is 5.78 Å². The van der Waals surface area contributed by atoms with Gasteiger partial charge in [0.15, 0.2) is 5.78 Å². The Balaban J connectivity index is 2.11. The van der Waals surface area contributed by atoms with Gasteiger partial charge in [-0.2, -0.15) is 0 Å². The van der Waals surface area contributed by atoms with Crippen LogP contribution in [-0.4, -0.2) is 5.78 Å². The first kappa shape index (κ1) is 11.6. The molecule has 0 N–H and O–H groups in total. The van der Waals surface area contributed by atoms with E-state index in [9.17, 15) is 4.79 Å². The van der Waals surface area contributed by atoms with Crippen LogP contribution in [-0.2, 0) is 4.79 Å². The quantitative estimate of drug-likeness (QED) is 0.630. The molecule has 16 heavy (non-hydrogen) atoms. The van der Waals surface area contributed by atoms with Crippen molar-refractivity contribution in [2.45, 2.75) is 64.7 Å². The molecule has 0 aliphatic heterocycles. The number of ketones is 1. The van der Waals surface area contributed by atoms with E-state index in [2.05, 4.69) is 13.0 Å². The van der Waals surface area contributed by atoms with Crippen LogP contribution in [0.1, 0.15) is 64.7 Å². The minimum Gasteiger partial charge on any atom is -0.289 e. The molecule has 2 rings (SSSR count). The van der Waals surface area contributed by atoms with E-state index in [1.807, 2.05) is 0 Å². The number of carbonyl (C=O) groups is 1. The van der Waals surface area contributed by atoms with Crippen molar-refractivity contribution in [1.82, 2.24) is 0 Å². The highest BCUT2D eigenvalue weighted by atomic mass is 16.1. The normalized spacial score (nSPS) is 24.6. The Kier molecular flexibility index (Phi) is 3.98. The summed E-state index contributed by atoms with van der Waals surface area (Å²) in [4.78, 5) is 12.2. The second-order valence-corrected chi connectivity index (χ2v) is 4.99. The molecule has 0 aromatic heterocycles. The third-order valence-corrected chi connectivity index (χ3v) is 3.77. The Morgan fingerprint density at radius 1 is 1.06 bits per heavy atom. The van der Waals surface area contributed by atoms with E-state index in [4.69, 9.17) is 0 Å². The fourth-order valence-corrected chi connectivity index (χ4v) is 2.81. The number of Topliss-reactive ketones (excluding diaryl/α,β-unsaturated/α-hetero) is 1. The van der Waals surface area contributed by atoms with Gasteiger partial charge in [-0.15, -0.1) is 0 Å². The first-order chi connectivity index (χ1) is 7.83. The van der Waals surface area contributed by atoms with Gasteiger partial charge in [0.25, 0.3) is 0 Å². The van der Waals surface area contributed by atoms with E-state index in [1.54, 1.807) is 0 Å². The third kappa shape index (κ3) is 2.45. The first-order valence-corrected chi connectivity index (χ1v) is 6.77. The van der Waals surface area contributed by atoms with E-state index >= 15 is 0 Å². The van der Waals surface area contributed by atoms with Gasteiger partial charge in [-0.1, -0.05) is 31.4 Å². The van der Waals surface area contributed by atoms with Gasteiger partial charge < -0.3 is 0 Å². The largest absolute Gasteiger partial charge is 0.289 e. The van der Waals surface area contributed by atoms with Crippen molar-refractivity contribution in [2.24, 2.45) is 0 Å². The summed E-state index contributed by atoms with van der Waals surface area (Å²) in [5, 5.41) is 0. The van der Waals surface area contributed by atoms with Crippen LogP contribution in [0.25, 0.3) is 0 Å². The lowest BCUT2D eigenvalue weighted by atomic mass is 9.90. The SMILES string of the molecule is CCCC=C1CCC(=C2CCCCC2)C1=O. The van der Waals surface area contributed by atoms with Crippen LogP contribution in [0.15, 0.2) is 22.8 Å². The Bertz CT molecular complexity index is 325. The van der Waals surface area contributed by atoms with Gasteiger partial charge in [0, 0.05) is 0 Å². The van der Waals surface area contributed by atoms with Crippen LogP contribution < -0.4 is 0 Å². The molecule has 2 saturated carbocycles. The standard InChI is InChI=1S/C15H22O/c1-2-3-7-13-10-11-14(15(13)16)12-8-5-4-6-9-12/h7H,2-6,8-11H2,1H3. The predicted octanol–water partition coefficient (Wildman–Crippen LogP) is 4.34. The van der Waals surface area contributed by atoms with Crippen molar-refractivity contribution in [3.8, 4) is 0 Å². The number of carbonyl (C=O) groups excluding carboxylic acids is 1. The molecular formula is C15H22O. The first-order valence-electron chi connectivity index (χ1n) is 6.77. The van der Waals surface area contributed by atoms with Crippen LogP contribution in [0.4, 0.5) is 0 Å². The number of hydrogen-bond acceptors (Lipinski definition) is 1. The maximum Gasteiger partial charge on any atom is 0.184 e. The van der Waals surface area contributed by atoms with Crippen molar-refractivity contribution in [1.29, 1.82) is 0 Å². The molecule has 0 unspecified atom stereocenters. The zero-order valence-electron chi connectivity index (χ0n) is 10.3. The maximum atomic E-state index is 12.2. The van der Waals surface area contributed by atoms with E-state index in [0.717, 1.165) is 31.3 Å². The maximum absolute atomic E-state index is 12.2. The highest BCUT2D eigenvalue weighted by Gasteiger charge is 2.26. The second kappa shape index (κ2) is 5.47.